The minimum absolute atomic E-state index is 0.210. The number of hydrogen-bond acceptors (Lipinski definition) is 3. The second-order valence-corrected chi connectivity index (χ2v) is 4.79. The molecule has 68 valence electrons. The van der Waals surface area contributed by atoms with Gasteiger partial charge in [0.25, 0.3) is 0 Å². The normalized spacial score (nSPS) is 29.2. The van der Waals surface area contributed by atoms with Crippen LogP contribution in [0, 0.1) is 5.41 Å². The van der Waals surface area contributed by atoms with Gasteiger partial charge in [-0.2, -0.15) is 0 Å². The third-order valence-corrected chi connectivity index (χ3v) is 3.55. The van der Waals surface area contributed by atoms with Gasteiger partial charge in [-0.1, -0.05) is 19.3 Å². The van der Waals surface area contributed by atoms with Crippen molar-refractivity contribution in [3.05, 3.63) is 0 Å². The summed E-state index contributed by atoms with van der Waals surface area (Å²) in [5, 5.41) is 0. The summed E-state index contributed by atoms with van der Waals surface area (Å²) < 4.78 is 20.9. The highest BCUT2D eigenvalue weighted by Crippen LogP contribution is 2.45. The fourth-order valence-electron chi connectivity index (χ4n) is 2.05. The van der Waals surface area contributed by atoms with Gasteiger partial charge >= 0.3 is 8.25 Å². The van der Waals surface area contributed by atoms with Gasteiger partial charge in [-0.15, -0.1) is 9.05 Å². The van der Waals surface area contributed by atoms with E-state index in [1.165, 1.54) is 32.1 Å². The summed E-state index contributed by atoms with van der Waals surface area (Å²) in [5.74, 6) is 0. The van der Waals surface area contributed by atoms with Gasteiger partial charge in [-0.05, 0) is 12.8 Å². The SMILES string of the molecule is O=[P+]1OCC2(CCCCC2)CO1. The van der Waals surface area contributed by atoms with E-state index in [1.807, 2.05) is 0 Å². The van der Waals surface area contributed by atoms with E-state index < -0.39 is 8.25 Å². The lowest BCUT2D eigenvalue weighted by atomic mass is 9.75. The second kappa shape index (κ2) is 3.41. The highest BCUT2D eigenvalue weighted by molar-refractivity contribution is 7.33. The first-order valence-corrected chi connectivity index (χ1v) is 5.63. The van der Waals surface area contributed by atoms with Gasteiger partial charge < -0.3 is 0 Å². The first-order chi connectivity index (χ1) is 5.81. The van der Waals surface area contributed by atoms with Crippen LogP contribution in [0.2, 0.25) is 0 Å². The van der Waals surface area contributed by atoms with Crippen LogP contribution in [0.15, 0.2) is 0 Å². The molecule has 1 spiro atoms. The molecule has 0 N–H and O–H groups in total. The maximum absolute atomic E-state index is 10.8. The van der Waals surface area contributed by atoms with E-state index in [0.717, 1.165) is 0 Å². The molecule has 1 saturated carbocycles. The molecule has 12 heavy (non-hydrogen) atoms. The Bertz CT molecular complexity index is 175. The van der Waals surface area contributed by atoms with Crippen LogP contribution in [0.5, 0.6) is 0 Å². The van der Waals surface area contributed by atoms with Crippen molar-refractivity contribution in [2.75, 3.05) is 13.2 Å². The van der Waals surface area contributed by atoms with Crippen LogP contribution in [0.4, 0.5) is 0 Å². The molecule has 2 rings (SSSR count). The topological polar surface area (TPSA) is 35.5 Å². The molecule has 0 aromatic heterocycles. The zero-order valence-electron chi connectivity index (χ0n) is 7.12. The fourth-order valence-corrected chi connectivity index (χ4v) is 2.88. The minimum atomic E-state index is -1.79. The highest BCUT2D eigenvalue weighted by Gasteiger charge is 2.43. The van der Waals surface area contributed by atoms with Gasteiger partial charge in [0.15, 0.2) is 0 Å². The van der Waals surface area contributed by atoms with Crippen molar-refractivity contribution in [3.63, 3.8) is 0 Å². The lowest BCUT2D eigenvalue weighted by Crippen LogP contribution is -2.35. The molecule has 1 heterocycles. The van der Waals surface area contributed by atoms with Gasteiger partial charge in [-0.25, -0.2) is 0 Å². The van der Waals surface area contributed by atoms with Crippen molar-refractivity contribution in [2.24, 2.45) is 5.41 Å². The third kappa shape index (κ3) is 1.68. The smallest absolute Gasteiger partial charge is 0.118 e. The van der Waals surface area contributed by atoms with E-state index in [4.69, 9.17) is 9.05 Å². The van der Waals surface area contributed by atoms with Crippen molar-refractivity contribution >= 4 is 8.25 Å². The first-order valence-electron chi connectivity index (χ1n) is 4.54. The summed E-state index contributed by atoms with van der Waals surface area (Å²) in [6.07, 6.45) is 6.22. The van der Waals surface area contributed by atoms with Crippen molar-refractivity contribution in [3.8, 4) is 0 Å². The van der Waals surface area contributed by atoms with Crippen LogP contribution in [0.25, 0.3) is 0 Å². The maximum Gasteiger partial charge on any atom is 0.697 e. The van der Waals surface area contributed by atoms with E-state index in [2.05, 4.69) is 0 Å². The molecule has 0 radical (unpaired) electrons. The van der Waals surface area contributed by atoms with Crippen LogP contribution in [0.1, 0.15) is 32.1 Å². The molecule has 1 saturated heterocycles. The molecular formula is C8H14O3P+. The quantitative estimate of drug-likeness (QED) is 0.549. The molecular weight excluding hydrogens is 175 g/mol. The molecule has 0 atom stereocenters. The average Bonchev–Trinajstić information content (AvgIpc) is 2.13. The van der Waals surface area contributed by atoms with Gasteiger partial charge in [0.2, 0.25) is 0 Å². The van der Waals surface area contributed by atoms with Crippen LogP contribution >= 0.6 is 8.25 Å². The van der Waals surface area contributed by atoms with Crippen molar-refractivity contribution in [2.45, 2.75) is 32.1 Å². The molecule has 3 nitrogen and oxygen atoms in total. The zero-order chi connectivity index (χ0) is 8.44. The number of hydrogen-bond donors (Lipinski definition) is 0. The van der Waals surface area contributed by atoms with Crippen LogP contribution in [-0.4, -0.2) is 13.2 Å². The van der Waals surface area contributed by atoms with E-state index in [-0.39, 0.29) is 5.41 Å². The average molecular weight is 189 g/mol. The predicted octanol–water partition coefficient (Wildman–Crippen LogP) is 2.64. The molecule has 0 amide bonds. The van der Waals surface area contributed by atoms with Gasteiger partial charge in [0, 0.05) is 9.98 Å². The van der Waals surface area contributed by atoms with Gasteiger partial charge in [0.1, 0.15) is 13.2 Å². The second-order valence-electron chi connectivity index (χ2n) is 3.83. The van der Waals surface area contributed by atoms with E-state index in [0.29, 0.717) is 13.2 Å². The summed E-state index contributed by atoms with van der Waals surface area (Å²) in [6.45, 7) is 1.28. The van der Waals surface area contributed by atoms with E-state index in [1.54, 1.807) is 0 Å². The monoisotopic (exact) mass is 189 g/mol. The third-order valence-electron chi connectivity index (χ3n) is 2.87. The summed E-state index contributed by atoms with van der Waals surface area (Å²) in [7, 11) is -1.79. The Balaban J connectivity index is 1.96. The van der Waals surface area contributed by atoms with Gasteiger partial charge in [0.05, 0.1) is 0 Å². The fraction of sp³-hybridized carbons (Fsp3) is 1.00. The lowest BCUT2D eigenvalue weighted by Gasteiger charge is -2.34. The lowest BCUT2D eigenvalue weighted by molar-refractivity contribution is 0.00142. The Morgan fingerprint density at radius 2 is 1.58 bits per heavy atom. The Hall–Kier alpha value is 0.0200. The van der Waals surface area contributed by atoms with Crippen LogP contribution in [-0.2, 0) is 13.6 Å². The Labute approximate surface area is 73.4 Å². The summed E-state index contributed by atoms with van der Waals surface area (Å²) >= 11 is 0. The number of rotatable bonds is 0. The predicted molar refractivity (Wildman–Crippen MR) is 45.0 cm³/mol. The van der Waals surface area contributed by atoms with Crippen LogP contribution < -0.4 is 0 Å². The Kier molecular flexibility index (Phi) is 2.44. The van der Waals surface area contributed by atoms with Crippen molar-refractivity contribution in [1.29, 1.82) is 0 Å². The molecule has 1 aliphatic carbocycles. The summed E-state index contributed by atoms with van der Waals surface area (Å²) in [4.78, 5) is 0. The van der Waals surface area contributed by atoms with E-state index >= 15 is 0 Å². The molecule has 0 bridgehead atoms. The molecule has 4 heteroatoms. The Morgan fingerprint density at radius 3 is 2.17 bits per heavy atom. The molecule has 0 aromatic rings. The van der Waals surface area contributed by atoms with Crippen LogP contribution in [0.3, 0.4) is 0 Å². The molecule has 0 unspecified atom stereocenters. The minimum Gasteiger partial charge on any atom is -0.118 e. The van der Waals surface area contributed by atoms with E-state index in [9.17, 15) is 4.57 Å². The highest BCUT2D eigenvalue weighted by atomic mass is 31.1. The molecule has 2 aliphatic rings. The first kappa shape index (κ1) is 8.61. The Morgan fingerprint density at radius 1 is 1.00 bits per heavy atom. The zero-order valence-corrected chi connectivity index (χ0v) is 8.02. The standard InChI is InChI=1S/C8H14O3P/c9-12-10-6-8(7-11-12)4-2-1-3-5-8/h1-7H2/q+1. The molecule has 0 aromatic carbocycles. The largest absolute Gasteiger partial charge is 0.697 e. The molecule has 1 aliphatic heterocycles. The van der Waals surface area contributed by atoms with Gasteiger partial charge in [-0.3, -0.25) is 0 Å². The summed E-state index contributed by atoms with van der Waals surface area (Å²) in [5.41, 5.74) is 0.210. The van der Waals surface area contributed by atoms with Crippen molar-refractivity contribution < 1.29 is 13.6 Å². The summed E-state index contributed by atoms with van der Waals surface area (Å²) in [6, 6.07) is 0. The van der Waals surface area contributed by atoms with Crippen molar-refractivity contribution in [1.82, 2.24) is 0 Å². The molecule has 2 fully saturated rings. The maximum atomic E-state index is 10.8.